The second kappa shape index (κ2) is 3.21. The number of nitrogens with zero attached hydrogens (tertiary/aromatic N) is 3. The molecule has 0 bridgehead atoms. The molecule has 1 aromatic carbocycles. The molecule has 2 aromatic rings. The number of para-hydroxylation sites is 1. The van der Waals surface area contributed by atoms with E-state index in [1.54, 1.807) is 11.6 Å². The molecule has 0 saturated heterocycles. The summed E-state index contributed by atoms with van der Waals surface area (Å²) < 4.78 is 1.77. The lowest BCUT2D eigenvalue weighted by Crippen LogP contribution is -1.93. The SMILES string of the molecule is CC(N=O)c1nn(C)c2ccccc12. The van der Waals surface area contributed by atoms with Gasteiger partial charge in [0.25, 0.3) is 0 Å². The fourth-order valence-corrected chi connectivity index (χ4v) is 1.60. The van der Waals surface area contributed by atoms with Crippen LogP contribution in [0.5, 0.6) is 0 Å². The van der Waals surface area contributed by atoms with Gasteiger partial charge in [-0.15, -0.1) is 0 Å². The summed E-state index contributed by atoms with van der Waals surface area (Å²) in [6.07, 6.45) is 0. The van der Waals surface area contributed by atoms with Gasteiger partial charge in [-0.05, 0) is 13.0 Å². The number of hydrogen-bond acceptors (Lipinski definition) is 3. The molecule has 1 heterocycles. The molecular formula is C10H11N3O. The molecule has 1 aromatic heterocycles. The summed E-state index contributed by atoms with van der Waals surface area (Å²) in [6.45, 7) is 1.75. The van der Waals surface area contributed by atoms with Crippen molar-refractivity contribution in [3.05, 3.63) is 34.9 Å². The maximum absolute atomic E-state index is 10.5. The van der Waals surface area contributed by atoms with Crippen molar-refractivity contribution in [1.29, 1.82) is 0 Å². The fourth-order valence-electron chi connectivity index (χ4n) is 1.60. The number of rotatable bonds is 2. The number of aryl methyl sites for hydroxylation is 1. The van der Waals surface area contributed by atoms with Gasteiger partial charge in [-0.2, -0.15) is 10.0 Å². The van der Waals surface area contributed by atoms with E-state index < -0.39 is 0 Å². The van der Waals surface area contributed by atoms with Crippen LogP contribution in [0.15, 0.2) is 29.4 Å². The molecule has 14 heavy (non-hydrogen) atoms. The Bertz CT molecular complexity index is 475. The molecule has 72 valence electrons. The Balaban J connectivity index is 2.72. The van der Waals surface area contributed by atoms with E-state index in [1.807, 2.05) is 31.3 Å². The molecule has 1 atom stereocenters. The van der Waals surface area contributed by atoms with Gasteiger partial charge >= 0.3 is 0 Å². The minimum atomic E-state index is -0.388. The smallest absolute Gasteiger partial charge is 0.133 e. The lowest BCUT2D eigenvalue weighted by Gasteiger charge is -1.96. The first-order valence-corrected chi connectivity index (χ1v) is 4.48. The van der Waals surface area contributed by atoms with Gasteiger partial charge in [0.15, 0.2) is 0 Å². The molecule has 0 spiro atoms. The monoisotopic (exact) mass is 189 g/mol. The normalized spacial score (nSPS) is 13.0. The van der Waals surface area contributed by atoms with Crippen molar-refractivity contribution >= 4 is 10.9 Å². The lowest BCUT2D eigenvalue weighted by atomic mass is 10.1. The van der Waals surface area contributed by atoms with Crippen LogP contribution in [-0.2, 0) is 7.05 Å². The molecule has 0 aliphatic heterocycles. The van der Waals surface area contributed by atoms with Crippen molar-refractivity contribution in [2.75, 3.05) is 0 Å². The predicted octanol–water partition coefficient (Wildman–Crippen LogP) is 2.40. The van der Waals surface area contributed by atoms with Gasteiger partial charge in [0, 0.05) is 12.4 Å². The topological polar surface area (TPSA) is 47.2 Å². The first kappa shape index (κ1) is 8.87. The lowest BCUT2D eigenvalue weighted by molar-refractivity contribution is 0.710. The number of benzene rings is 1. The van der Waals surface area contributed by atoms with Gasteiger partial charge in [-0.3, -0.25) is 4.68 Å². The first-order chi connectivity index (χ1) is 6.74. The standard InChI is InChI=1S/C10H11N3O/c1-7(12-14)10-8-5-3-4-6-9(8)13(2)11-10/h3-7H,1-2H3. The van der Waals surface area contributed by atoms with Crippen molar-refractivity contribution in [3.8, 4) is 0 Å². The largest absolute Gasteiger partial charge is 0.268 e. The van der Waals surface area contributed by atoms with E-state index in [0.717, 1.165) is 16.6 Å². The number of hydrogen-bond donors (Lipinski definition) is 0. The van der Waals surface area contributed by atoms with E-state index in [4.69, 9.17) is 0 Å². The molecule has 0 saturated carbocycles. The summed E-state index contributed by atoms with van der Waals surface area (Å²) in [5, 5.41) is 8.28. The van der Waals surface area contributed by atoms with Gasteiger partial charge in [-0.1, -0.05) is 23.4 Å². The second-order valence-corrected chi connectivity index (χ2v) is 3.31. The van der Waals surface area contributed by atoms with Crippen LogP contribution >= 0.6 is 0 Å². The summed E-state index contributed by atoms with van der Waals surface area (Å²) >= 11 is 0. The minimum Gasteiger partial charge on any atom is -0.268 e. The first-order valence-electron chi connectivity index (χ1n) is 4.48. The van der Waals surface area contributed by atoms with Crippen LogP contribution in [0.25, 0.3) is 10.9 Å². The van der Waals surface area contributed by atoms with Gasteiger partial charge in [-0.25, -0.2) is 0 Å². The van der Waals surface area contributed by atoms with Crippen LogP contribution < -0.4 is 0 Å². The van der Waals surface area contributed by atoms with Crippen LogP contribution in [-0.4, -0.2) is 9.78 Å². The van der Waals surface area contributed by atoms with Crippen LogP contribution in [0.1, 0.15) is 18.7 Å². The fraction of sp³-hybridized carbons (Fsp3) is 0.300. The van der Waals surface area contributed by atoms with Gasteiger partial charge in [0.2, 0.25) is 0 Å². The van der Waals surface area contributed by atoms with Crippen LogP contribution in [0.2, 0.25) is 0 Å². The van der Waals surface area contributed by atoms with Crippen molar-refractivity contribution in [2.45, 2.75) is 13.0 Å². The number of nitroso groups, excluding NO2 is 1. The highest BCUT2D eigenvalue weighted by Crippen LogP contribution is 2.24. The van der Waals surface area contributed by atoms with Crippen molar-refractivity contribution in [2.24, 2.45) is 12.2 Å². The zero-order valence-electron chi connectivity index (χ0n) is 8.14. The molecular weight excluding hydrogens is 178 g/mol. The average molecular weight is 189 g/mol. The van der Waals surface area contributed by atoms with Crippen LogP contribution in [0.4, 0.5) is 0 Å². The van der Waals surface area contributed by atoms with E-state index in [2.05, 4.69) is 10.3 Å². The van der Waals surface area contributed by atoms with Crippen LogP contribution in [0.3, 0.4) is 0 Å². The van der Waals surface area contributed by atoms with Crippen molar-refractivity contribution in [1.82, 2.24) is 9.78 Å². The quantitative estimate of drug-likeness (QED) is 0.681. The molecule has 1 unspecified atom stereocenters. The van der Waals surface area contributed by atoms with E-state index >= 15 is 0 Å². The van der Waals surface area contributed by atoms with E-state index in [9.17, 15) is 4.91 Å². The third-order valence-corrected chi connectivity index (χ3v) is 2.34. The maximum atomic E-state index is 10.5. The minimum absolute atomic E-state index is 0.388. The van der Waals surface area contributed by atoms with Crippen molar-refractivity contribution < 1.29 is 0 Å². The highest BCUT2D eigenvalue weighted by Gasteiger charge is 2.14. The number of fused-ring (bicyclic) bond motifs is 1. The Morgan fingerprint density at radius 3 is 2.86 bits per heavy atom. The highest BCUT2D eigenvalue weighted by molar-refractivity contribution is 5.82. The summed E-state index contributed by atoms with van der Waals surface area (Å²) in [7, 11) is 1.86. The third kappa shape index (κ3) is 1.19. The summed E-state index contributed by atoms with van der Waals surface area (Å²) in [4.78, 5) is 10.5. The van der Waals surface area contributed by atoms with Gasteiger partial charge in [0.05, 0.1) is 11.2 Å². The average Bonchev–Trinajstić information content (AvgIpc) is 2.56. The number of aromatic nitrogens is 2. The molecule has 4 nitrogen and oxygen atoms in total. The predicted molar refractivity (Wildman–Crippen MR) is 54.9 cm³/mol. The summed E-state index contributed by atoms with van der Waals surface area (Å²) in [5.74, 6) is 0. The Morgan fingerprint density at radius 1 is 1.43 bits per heavy atom. The van der Waals surface area contributed by atoms with Gasteiger partial charge in [0.1, 0.15) is 6.04 Å². The molecule has 0 aliphatic rings. The Labute approximate surface area is 81.5 Å². The Morgan fingerprint density at radius 2 is 2.14 bits per heavy atom. The highest BCUT2D eigenvalue weighted by atomic mass is 16.3. The molecule has 4 heteroatoms. The molecule has 0 radical (unpaired) electrons. The molecule has 0 fully saturated rings. The summed E-state index contributed by atoms with van der Waals surface area (Å²) in [6, 6.07) is 7.43. The van der Waals surface area contributed by atoms with E-state index in [1.165, 1.54) is 0 Å². The van der Waals surface area contributed by atoms with Gasteiger partial charge < -0.3 is 0 Å². The molecule has 0 aliphatic carbocycles. The van der Waals surface area contributed by atoms with E-state index in [-0.39, 0.29) is 6.04 Å². The molecule has 2 rings (SSSR count). The second-order valence-electron chi connectivity index (χ2n) is 3.31. The Hall–Kier alpha value is -1.71. The zero-order chi connectivity index (χ0) is 10.1. The molecule has 0 amide bonds. The maximum Gasteiger partial charge on any atom is 0.133 e. The third-order valence-electron chi connectivity index (χ3n) is 2.34. The Kier molecular flexibility index (Phi) is 2.04. The molecule has 0 N–H and O–H groups in total. The zero-order valence-corrected chi connectivity index (χ0v) is 8.14. The van der Waals surface area contributed by atoms with Crippen LogP contribution in [0, 0.1) is 4.91 Å². The van der Waals surface area contributed by atoms with E-state index in [0.29, 0.717) is 0 Å². The van der Waals surface area contributed by atoms with Crippen molar-refractivity contribution in [3.63, 3.8) is 0 Å². The summed E-state index contributed by atoms with van der Waals surface area (Å²) in [5.41, 5.74) is 1.77.